The minimum atomic E-state index is 0. The summed E-state index contributed by atoms with van der Waals surface area (Å²) in [6.45, 7) is 16.5. The summed E-state index contributed by atoms with van der Waals surface area (Å²) < 4.78 is 0. The zero-order valence-electron chi connectivity index (χ0n) is 12.2. The molecule has 0 aliphatic heterocycles. The van der Waals surface area contributed by atoms with Gasteiger partial charge >= 0.3 is 0 Å². The maximum atomic E-state index is 2.26. The predicted octanol–water partition coefficient (Wildman–Crippen LogP) is 6.69. The smallest absolute Gasteiger partial charge is 0 e. The Bertz CT molecular complexity index is 30.3. The standard InChI is InChI=1S/C8H18.3C2H6.H2/c1-3-5-7-8-6-4-2;3*1-2;/h3-8H2,1-2H3;3*1-2H3;1H. The third-order valence-corrected chi connectivity index (χ3v) is 1.46. The zero-order valence-corrected chi connectivity index (χ0v) is 12.2. The van der Waals surface area contributed by atoms with Gasteiger partial charge in [0, 0.05) is 1.43 Å². The quantitative estimate of drug-likeness (QED) is 0.439. The van der Waals surface area contributed by atoms with E-state index in [1.54, 1.807) is 0 Å². The van der Waals surface area contributed by atoms with Gasteiger partial charge in [-0.3, -0.25) is 0 Å². The normalized spacial score (nSPS) is 6.86. The Morgan fingerprint density at radius 3 is 0.857 bits per heavy atom. The Labute approximate surface area is 96.0 Å². The first-order valence-electron chi connectivity index (χ1n) is 6.91. The van der Waals surface area contributed by atoms with E-state index in [0.29, 0.717) is 0 Å². The molecule has 0 aliphatic rings. The van der Waals surface area contributed by atoms with Crippen molar-refractivity contribution < 1.29 is 1.43 Å². The third kappa shape index (κ3) is 58.1. The van der Waals surface area contributed by atoms with Crippen molar-refractivity contribution in [3.05, 3.63) is 0 Å². The van der Waals surface area contributed by atoms with Crippen molar-refractivity contribution in [1.82, 2.24) is 0 Å². The van der Waals surface area contributed by atoms with Crippen LogP contribution in [0.15, 0.2) is 0 Å². The van der Waals surface area contributed by atoms with Crippen molar-refractivity contribution in [3.8, 4) is 0 Å². The van der Waals surface area contributed by atoms with Crippen LogP contribution in [0.2, 0.25) is 0 Å². The Balaban J connectivity index is -0.0000000410. The van der Waals surface area contributed by atoms with Crippen molar-refractivity contribution in [3.63, 3.8) is 0 Å². The van der Waals surface area contributed by atoms with Gasteiger partial charge < -0.3 is 0 Å². The van der Waals surface area contributed by atoms with Crippen LogP contribution in [0.1, 0.15) is 95.3 Å². The lowest BCUT2D eigenvalue weighted by atomic mass is 10.1. The van der Waals surface area contributed by atoms with Crippen molar-refractivity contribution in [2.75, 3.05) is 0 Å². The summed E-state index contributed by atoms with van der Waals surface area (Å²) in [6, 6.07) is 0. The van der Waals surface area contributed by atoms with Crippen LogP contribution >= 0.6 is 0 Å². The minimum absolute atomic E-state index is 0. The molecule has 0 radical (unpaired) electrons. The fourth-order valence-corrected chi connectivity index (χ4v) is 0.854. The SMILES string of the molecule is CC.CC.CC.CCCCCCCC.[HH]. The van der Waals surface area contributed by atoms with Crippen LogP contribution in [0.25, 0.3) is 0 Å². The molecule has 94 valence electrons. The fourth-order valence-electron chi connectivity index (χ4n) is 0.854. The maximum Gasteiger partial charge on any atom is 0 e. The van der Waals surface area contributed by atoms with Crippen molar-refractivity contribution in [1.29, 1.82) is 0 Å². The van der Waals surface area contributed by atoms with Gasteiger partial charge in [0.25, 0.3) is 0 Å². The fraction of sp³-hybridized carbons (Fsp3) is 1.00. The molecular weight excluding hydrogens is 168 g/mol. The monoisotopic (exact) mass is 206 g/mol. The van der Waals surface area contributed by atoms with Gasteiger partial charge in [0.1, 0.15) is 0 Å². The van der Waals surface area contributed by atoms with E-state index in [-0.39, 0.29) is 1.43 Å². The van der Waals surface area contributed by atoms with Crippen LogP contribution < -0.4 is 0 Å². The Hall–Kier alpha value is 0. The van der Waals surface area contributed by atoms with Crippen molar-refractivity contribution >= 4 is 0 Å². The first-order chi connectivity index (χ1) is 6.91. The van der Waals surface area contributed by atoms with Crippen LogP contribution in [-0.4, -0.2) is 0 Å². The van der Waals surface area contributed by atoms with Crippen LogP contribution in [0.5, 0.6) is 0 Å². The van der Waals surface area contributed by atoms with Gasteiger partial charge in [-0.05, 0) is 0 Å². The molecular formula is C14H38. The molecule has 0 bridgehead atoms. The highest BCUT2D eigenvalue weighted by atomic mass is 13.9. The van der Waals surface area contributed by atoms with E-state index in [2.05, 4.69) is 13.8 Å². The first kappa shape index (κ1) is 23.7. The molecule has 0 aromatic carbocycles. The lowest BCUT2D eigenvalue weighted by molar-refractivity contribution is 0.624. The summed E-state index contributed by atoms with van der Waals surface area (Å²) in [6.07, 6.45) is 8.49. The largest absolute Gasteiger partial charge is 0.0683 e. The molecule has 0 aromatic rings. The second kappa shape index (κ2) is 52.0. The molecule has 0 aromatic heterocycles. The second-order valence-corrected chi connectivity index (χ2v) is 2.41. The summed E-state index contributed by atoms with van der Waals surface area (Å²) in [5, 5.41) is 0. The van der Waals surface area contributed by atoms with Crippen LogP contribution in [0, 0.1) is 0 Å². The second-order valence-electron chi connectivity index (χ2n) is 2.41. The van der Waals surface area contributed by atoms with E-state index in [4.69, 9.17) is 0 Å². The summed E-state index contributed by atoms with van der Waals surface area (Å²) in [5.74, 6) is 0. The molecule has 0 N–H and O–H groups in total. The third-order valence-electron chi connectivity index (χ3n) is 1.46. The number of rotatable bonds is 5. The molecule has 0 saturated heterocycles. The minimum Gasteiger partial charge on any atom is -0.0683 e. The number of hydrogen-bond donors (Lipinski definition) is 0. The van der Waals surface area contributed by atoms with E-state index < -0.39 is 0 Å². The molecule has 0 rings (SSSR count). The molecule has 0 saturated carbocycles. The highest BCUT2D eigenvalue weighted by Crippen LogP contribution is 2.03. The Kier molecular flexibility index (Phi) is 87.9. The van der Waals surface area contributed by atoms with E-state index in [0.717, 1.165) is 0 Å². The van der Waals surface area contributed by atoms with Crippen LogP contribution in [-0.2, 0) is 0 Å². The average molecular weight is 206 g/mol. The summed E-state index contributed by atoms with van der Waals surface area (Å²) in [7, 11) is 0. The number of hydrogen-bond acceptors (Lipinski definition) is 0. The topological polar surface area (TPSA) is 0 Å². The predicted molar refractivity (Wildman–Crippen MR) is 75.2 cm³/mol. The maximum absolute atomic E-state index is 2.26. The Morgan fingerprint density at radius 2 is 0.714 bits per heavy atom. The molecule has 0 aliphatic carbocycles. The van der Waals surface area contributed by atoms with Gasteiger partial charge in [-0.1, -0.05) is 93.9 Å². The highest BCUT2D eigenvalue weighted by molar-refractivity contribution is 4.39. The summed E-state index contributed by atoms with van der Waals surface area (Å²) >= 11 is 0. The Morgan fingerprint density at radius 1 is 0.500 bits per heavy atom. The molecule has 0 heterocycles. The molecule has 0 fully saturated rings. The molecule has 0 spiro atoms. The number of unbranched alkanes of at least 4 members (excludes halogenated alkanes) is 5. The van der Waals surface area contributed by atoms with Gasteiger partial charge in [-0.25, -0.2) is 0 Å². The van der Waals surface area contributed by atoms with E-state index in [1.807, 2.05) is 41.5 Å². The van der Waals surface area contributed by atoms with E-state index >= 15 is 0 Å². The van der Waals surface area contributed by atoms with Gasteiger partial charge in [0.15, 0.2) is 0 Å². The van der Waals surface area contributed by atoms with Gasteiger partial charge in [0.05, 0.1) is 0 Å². The van der Waals surface area contributed by atoms with Crippen molar-refractivity contribution in [2.45, 2.75) is 93.9 Å². The van der Waals surface area contributed by atoms with Gasteiger partial charge in [-0.2, -0.15) is 0 Å². The summed E-state index contributed by atoms with van der Waals surface area (Å²) in [5.41, 5.74) is 0. The lowest BCUT2D eigenvalue weighted by Gasteiger charge is -1.93. The molecule has 0 heteroatoms. The molecule has 14 heavy (non-hydrogen) atoms. The summed E-state index contributed by atoms with van der Waals surface area (Å²) in [4.78, 5) is 0. The average Bonchev–Trinajstić information content (AvgIpc) is 2.33. The van der Waals surface area contributed by atoms with E-state index in [9.17, 15) is 0 Å². The molecule has 0 amide bonds. The zero-order chi connectivity index (χ0) is 12.2. The van der Waals surface area contributed by atoms with Crippen molar-refractivity contribution in [2.24, 2.45) is 0 Å². The van der Waals surface area contributed by atoms with Crippen LogP contribution in [0.4, 0.5) is 0 Å². The first-order valence-corrected chi connectivity index (χ1v) is 6.91. The van der Waals surface area contributed by atoms with Crippen LogP contribution in [0.3, 0.4) is 0 Å². The molecule has 0 nitrogen and oxygen atoms in total. The lowest BCUT2D eigenvalue weighted by Crippen LogP contribution is -1.73. The molecule has 0 atom stereocenters. The van der Waals surface area contributed by atoms with Gasteiger partial charge in [0.2, 0.25) is 0 Å². The molecule has 0 unspecified atom stereocenters. The van der Waals surface area contributed by atoms with E-state index in [1.165, 1.54) is 38.5 Å². The van der Waals surface area contributed by atoms with Gasteiger partial charge in [-0.15, -0.1) is 0 Å². The highest BCUT2D eigenvalue weighted by Gasteiger charge is 1.83.